The lowest BCUT2D eigenvalue weighted by Gasteiger charge is -2.04. The highest BCUT2D eigenvalue weighted by Gasteiger charge is 2.18. The van der Waals surface area contributed by atoms with Gasteiger partial charge in [0, 0.05) is 11.6 Å². The minimum atomic E-state index is -0.187. The number of para-hydroxylation sites is 1. The van der Waals surface area contributed by atoms with E-state index in [1.165, 1.54) is 11.3 Å². The molecule has 0 aliphatic carbocycles. The molecular formula is C19H15ClN4OS. The SMILES string of the molecule is Cc1ccc(NC(=O)c2cc3c(C)nn(-c4ccccc4Cl)c3s2)nc1. The van der Waals surface area contributed by atoms with Gasteiger partial charge in [0.25, 0.3) is 5.91 Å². The van der Waals surface area contributed by atoms with E-state index in [0.29, 0.717) is 15.7 Å². The number of hydrogen-bond acceptors (Lipinski definition) is 4. The molecule has 26 heavy (non-hydrogen) atoms. The number of thiophene rings is 1. The summed E-state index contributed by atoms with van der Waals surface area (Å²) in [5.74, 6) is 0.343. The van der Waals surface area contributed by atoms with Crippen LogP contribution in [-0.4, -0.2) is 20.7 Å². The van der Waals surface area contributed by atoms with Crippen molar-refractivity contribution in [2.45, 2.75) is 13.8 Å². The highest BCUT2D eigenvalue weighted by Crippen LogP contribution is 2.32. The molecule has 1 amide bonds. The lowest BCUT2D eigenvalue weighted by molar-refractivity contribution is 0.103. The van der Waals surface area contributed by atoms with Crippen molar-refractivity contribution < 1.29 is 4.79 Å². The number of anilines is 1. The van der Waals surface area contributed by atoms with E-state index >= 15 is 0 Å². The summed E-state index contributed by atoms with van der Waals surface area (Å²) in [6.07, 6.45) is 1.72. The van der Waals surface area contributed by atoms with E-state index < -0.39 is 0 Å². The summed E-state index contributed by atoms with van der Waals surface area (Å²) >= 11 is 7.69. The quantitative estimate of drug-likeness (QED) is 0.542. The van der Waals surface area contributed by atoms with Gasteiger partial charge in [-0.15, -0.1) is 11.3 Å². The van der Waals surface area contributed by atoms with Gasteiger partial charge in [-0.3, -0.25) is 4.79 Å². The van der Waals surface area contributed by atoms with Crippen molar-refractivity contribution in [3.63, 3.8) is 0 Å². The van der Waals surface area contributed by atoms with Gasteiger partial charge in [-0.1, -0.05) is 29.8 Å². The summed E-state index contributed by atoms with van der Waals surface area (Å²) in [7, 11) is 0. The van der Waals surface area contributed by atoms with Gasteiger partial charge in [-0.2, -0.15) is 5.10 Å². The third kappa shape index (κ3) is 2.98. The molecule has 7 heteroatoms. The number of pyridine rings is 1. The largest absolute Gasteiger partial charge is 0.306 e. The van der Waals surface area contributed by atoms with Crippen molar-refractivity contribution in [2.75, 3.05) is 5.32 Å². The Morgan fingerprint density at radius 1 is 1.19 bits per heavy atom. The van der Waals surface area contributed by atoms with E-state index in [1.54, 1.807) is 16.9 Å². The van der Waals surface area contributed by atoms with Gasteiger partial charge >= 0.3 is 0 Å². The summed E-state index contributed by atoms with van der Waals surface area (Å²) in [5.41, 5.74) is 2.69. The first kappa shape index (κ1) is 16.8. The molecule has 0 saturated heterocycles. The summed E-state index contributed by atoms with van der Waals surface area (Å²) in [6, 6.07) is 13.1. The normalized spacial score (nSPS) is 11.0. The van der Waals surface area contributed by atoms with Crippen LogP contribution in [0.1, 0.15) is 20.9 Å². The average molecular weight is 383 g/mol. The highest BCUT2D eigenvalue weighted by molar-refractivity contribution is 7.20. The number of benzene rings is 1. The zero-order valence-electron chi connectivity index (χ0n) is 14.2. The third-order valence-corrected chi connectivity index (χ3v) is 5.43. The Labute approximate surface area is 159 Å². The second-order valence-electron chi connectivity index (χ2n) is 5.95. The number of hydrogen-bond donors (Lipinski definition) is 1. The van der Waals surface area contributed by atoms with Gasteiger partial charge in [0.05, 0.1) is 21.3 Å². The molecule has 0 unspecified atom stereocenters. The Hall–Kier alpha value is -2.70. The Morgan fingerprint density at radius 2 is 2.00 bits per heavy atom. The fourth-order valence-electron chi connectivity index (χ4n) is 2.67. The Balaban J connectivity index is 1.72. The number of nitrogens with zero attached hydrogens (tertiary/aromatic N) is 3. The molecule has 5 nitrogen and oxygen atoms in total. The Bertz CT molecular complexity index is 1110. The van der Waals surface area contributed by atoms with Crippen molar-refractivity contribution in [2.24, 2.45) is 0 Å². The molecule has 4 rings (SSSR count). The zero-order valence-corrected chi connectivity index (χ0v) is 15.7. The summed E-state index contributed by atoms with van der Waals surface area (Å²) < 4.78 is 1.79. The molecule has 1 aromatic carbocycles. The molecule has 3 aromatic heterocycles. The minimum Gasteiger partial charge on any atom is -0.306 e. The Kier molecular flexibility index (Phi) is 4.22. The van der Waals surface area contributed by atoms with Crippen LogP contribution in [0.15, 0.2) is 48.7 Å². The number of carbonyl (C=O) groups excluding carboxylic acids is 1. The number of amides is 1. The van der Waals surface area contributed by atoms with Gasteiger partial charge < -0.3 is 5.32 Å². The van der Waals surface area contributed by atoms with Crippen molar-refractivity contribution in [1.82, 2.24) is 14.8 Å². The zero-order chi connectivity index (χ0) is 18.3. The molecule has 0 radical (unpaired) electrons. The fraction of sp³-hybridized carbons (Fsp3) is 0.105. The van der Waals surface area contributed by atoms with Crippen LogP contribution in [0.4, 0.5) is 5.82 Å². The van der Waals surface area contributed by atoms with Crippen LogP contribution in [0.2, 0.25) is 5.02 Å². The van der Waals surface area contributed by atoms with Crippen LogP contribution < -0.4 is 5.32 Å². The number of halogens is 1. The lowest BCUT2D eigenvalue weighted by Crippen LogP contribution is -2.11. The fourth-order valence-corrected chi connectivity index (χ4v) is 3.95. The Morgan fingerprint density at radius 3 is 2.73 bits per heavy atom. The number of fused-ring (bicyclic) bond motifs is 1. The van der Waals surface area contributed by atoms with E-state index in [0.717, 1.165) is 27.2 Å². The van der Waals surface area contributed by atoms with Crippen LogP contribution in [-0.2, 0) is 0 Å². The van der Waals surface area contributed by atoms with Crippen LogP contribution in [0.3, 0.4) is 0 Å². The molecule has 0 spiro atoms. The number of nitrogens with one attached hydrogen (secondary N) is 1. The topological polar surface area (TPSA) is 59.8 Å². The van der Waals surface area contributed by atoms with E-state index in [2.05, 4.69) is 15.4 Å². The van der Waals surface area contributed by atoms with Gasteiger partial charge in [0.2, 0.25) is 0 Å². The van der Waals surface area contributed by atoms with Gasteiger partial charge in [-0.05, 0) is 43.7 Å². The minimum absolute atomic E-state index is 0.187. The lowest BCUT2D eigenvalue weighted by atomic mass is 10.3. The first-order valence-electron chi connectivity index (χ1n) is 8.01. The molecule has 0 atom stereocenters. The molecule has 0 bridgehead atoms. The van der Waals surface area contributed by atoms with Crippen LogP contribution in [0.5, 0.6) is 0 Å². The molecule has 3 heterocycles. The van der Waals surface area contributed by atoms with E-state index in [4.69, 9.17) is 11.6 Å². The molecule has 130 valence electrons. The van der Waals surface area contributed by atoms with Gasteiger partial charge in [0.15, 0.2) is 0 Å². The molecule has 0 aliphatic rings. The number of aryl methyl sites for hydroxylation is 2. The monoisotopic (exact) mass is 382 g/mol. The molecule has 0 fully saturated rings. The summed E-state index contributed by atoms with van der Waals surface area (Å²) in [6.45, 7) is 3.87. The molecule has 1 N–H and O–H groups in total. The summed E-state index contributed by atoms with van der Waals surface area (Å²) in [5, 5.41) is 8.96. The van der Waals surface area contributed by atoms with Crippen LogP contribution >= 0.6 is 22.9 Å². The first-order chi connectivity index (χ1) is 12.5. The average Bonchev–Trinajstić information content (AvgIpc) is 3.19. The first-order valence-corrected chi connectivity index (χ1v) is 9.20. The van der Waals surface area contributed by atoms with E-state index in [1.807, 2.05) is 50.2 Å². The molecular weight excluding hydrogens is 368 g/mol. The van der Waals surface area contributed by atoms with Crippen LogP contribution in [0, 0.1) is 13.8 Å². The van der Waals surface area contributed by atoms with Crippen LogP contribution in [0.25, 0.3) is 15.9 Å². The smallest absolute Gasteiger partial charge is 0.266 e. The van der Waals surface area contributed by atoms with Crippen molar-refractivity contribution in [1.29, 1.82) is 0 Å². The van der Waals surface area contributed by atoms with Crippen molar-refractivity contribution in [3.8, 4) is 5.69 Å². The van der Waals surface area contributed by atoms with Gasteiger partial charge in [-0.25, -0.2) is 9.67 Å². The third-order valence-electron chi connectivity index (χ3n) is 4.00. The molecule has 0 aliphatic heterocycles. The maximum absolute atomic E-state index is 12.6. The standard InChI is InChI=1S/C19H15ClN4OS/c1-11-7-8-17(21-10-11)22-18(25)16-9-13-12(2)23-24(19(13)26-16)15-6-4-3-5-14(15)20/h3-10H,1-2H3,(H,21,22,25). The maximum atomic E-state index is 12.6. The second kappa shape index (κ2) is 6.55. The number of rotatable bonds is 3. The van der Waals surface area contributed by atoms with Gasteiger partial charge in [0.1, 0.15) is 10.6 Å². The number of carbonyl (C=O) groups is 1. The van der Waals surface area contributed by atoms with Crippen molar-refractivity contribution >= 4 is 44.9 Å². The predicted octanol–water partition coefficient (Wildman–Crippen LogP) is 5.00. The maximum Gasteiger partial charge on any atom is 0.266 e. The molecule has 0 saturated carbocycles. The van der Waals surface area contributed by atoms with E-state index in [-0.39, 0.29) is 5.91 Å². The van der Waals surface area contributed by atoms with Crippen molar-refractivity contribution in [3.05, 3.63) is 69.8 Å². The summed E-state index contributed by atoms with van der Waals surface area (Å²) in [4.78, 5) is 18.3. The van der Waals surface area contributed by atoms with E-state index in [9.17, 15) is 4.79 Å². The predicted molar refractivity (Wildman–Crippen MR) is 106 cm³/mol. The number of aromatic nitrogens is 3. The highest BCUT2D eigenvalue weighted by atomic mass is 35.5. The second-order valence-corrected chi connectivity index (χ2v) is 7.39. The molecule has 4 aromatic rings.